The van der Waals surface area contributed by atoms with Crippen LogP contribution >= 0.6 is 0 Å². The molecule has 0 amide bonds. The molecule has 0 aliphatic carbocycles. The Labute approximate surface area is 104 Å². The van der Waals surface area contributed by atoms with Gasteiger partial charge in [0.25, 0.3) is 0 Å². The molecule has 0 spiro atoms. The number of nitrogens with two attached hydrogens (primary N) is 1. The fourth-order valence-electron chi connectivity index (χ4n) is 1.76. The van der Waals surface area contributed by atoms with Crippen LogP contribution in [0.4, 0.5) is 0 Å². The Balaban J connectivity index is 2.38. The quantitative estimate of drug-likeness (QED) is 0.785. The predicted octanol–water partition coefficient (Wildman–Crippen LogP) is 0.305. The van der Waals surface area contributed by atoms with E-state index in [-0.39, 0.29) is 6.54 Å². The van der Waals surface area contributed by atoms with E-state index < -0.39 is 11.5 Å². The van der Waals surface area contributed by atoms with Gasteiger partial charge >= 0.3 is 5.97 Å². The maximum atomic E-state index is 12.0. The Morgan fingerprint density at radius 2 is 2.17 bits per heavy atom. The Bertz CT molecular complexity index is 512. The van der Waals surface area contributed by atoms with Crippen molar-refractivity contribution in [1.29, 1.82) is 0 Å². The van der Waals surface area contributed by atoms with Gasteiger partial charge in [-0.3, -0.25) is 4.68 Å². The fourth-order valence-corrected chi connectivity index (χ4v) is 1.76. The maximum absolute atomic E-state index is 12.0. The van der Waals surface area contributed by atoms with Gasteiger partial charge < -0.3 is 10.5 Å². The third kappa shape index (κ3) is 2.23. The number of rotatable bonds is 4. The smallest absolute Gasteiger partial charge is 0.332 e. The summed E-state index contributed by atoms with van der Waals surface area (Å²) in [6, 6.07) is 9.07. The monoisotopic (exact) mass is 246 g/mol. The molecule has 1 aromatic carbocycles. The van der Waals surface area contributed by atoms with Crippen molar-refractivity contribution in [2.75, 3.05) is 7.11 Å². The zero-order chi connectivity index (χ0) is 13.0. The number of ether oxygens (including phenoxy) is 1. The van der Waals surface area contributed by atoms with Crippen molar-refractivity contribution in [3.63, 3.8) is 0 Å². The minimum atomic E-state index is -1.27. The van der Waals surface area contributed by atoms with E-state index in [1.54, 1.807) is 12.1 Å². The number of carbonyl (C=O) groups is 1. The Kier molecular flexibility index (Phi) is 3.38. The Morgan fingerprint density at radius 1 is 1.44 bits per heavy atom. The highest BCUT2D eigenvalue weighted by Crippen LogP contribution is 2.21. The highest BCUT2D eigenvalue weighted by Gasteiger charge is 2.38. The summed E-state index contributed by atoms with van der Waals surface area (Å²) >= 11 is 0. The Morgan fingerprint density at radius 3 is 2.72 bits per heavy atom. The highest BCUT2D eigenvalue weighted by molar-refractivity contribution is 5.82. The predicted molar refractivity (Wildman–Crippen MR) is 64.3 cm³/mol. The van der Waals surface area contributed by atoms with Gasteiger partial charge in [-0.15, -0.1) is 0 Å². The zero-order valence-corrected chi connectivity index (χ0v) is 9.98. The summed E-state index contributed by atoms with van der Waals surface area (Å²) in [6.45, 7) is 0.170. The number of carbonyl (C=O) groups excluding carboxylic acids is 1. The van der Waals surface area contributed by atoms with Gasteiger partial charge in [-0.05, 0) is 5.56 Å². The van der Waals surface area contributed by atoms with E-state index in [9.17, 15) is 4.79 Å². The molecule has 1 atom stereocenters. The van der Waals surface area contributed by atoms with Crippen molar-refractivity contribution >= 4 is 5.97 Å². The summed E-state index contributed by atoms with van der Waals surface area (Å²) in [5, 5.41) is 3.96. The number of hydrogen-bond acceptors (Lipinski definition) is 5. The summed E-state index contributed by atoms with van der Waals surface area (Å²) in [5.41, 5.74) is 5.60. The van der Waals surface area contributed by atoms with Crippen LogP contribution in [0, 0.1) is 0 Å². The molecule has 18 heavy (non-hydrogen) atoms. The molecule has 0 bridgehead atoms. The molecule has 94 valence electrons. The molecule has 0 saturated heterocycles. The molecule has 6 heteroatoms. The van der Waals surface area contributed by atoms with Gasteiger partial charge in [0, 0.05) is 0 Å². The number of methoxy groups -OCH3 is 1. The largest absolute Gasteiger partial charge is 0.467 e. The molecule has 6 nitrogen and oxygen atoms in total. The minimum Gasteiger partial charge on any atom is -0.467 e. The lowest BCUT2D eigenvalue weighted by Crippen LogP contribution is -2.49. The average Bonchev–Trinajstić information content (AvgIpc) is 2.91. The van der Waals surface area contributed by atoms with Crippen LogP contribution in [-0.2, 0) is 21.6 Å². The number of aromatic nitrogens is 3. The van der Waals surface area contributed by atoms with Gasteiger partial charge in [0.2, 0.25) is 0 Å². The van der Waals surface area contributed by atoms with Gasteiger partial charge in [-0.2, -0.15) is 5.10 Å². The zero-order valence-electron chi connectivity index (χ0n) is 9.98. The maximum Gasteiger partial charge on any atom is 0.332 e. The number of esters is 1. The van der Waals surface area contributed by atoms with Gasteiger partial charge in [0.1, 0.15) is 12.7 Å². The van der Waals surface area contributed by atoms with Crippen LogP contribution in [0.3, 0.4) is 0 Å². The topological polar surface area (TPSA) is 83.0 Å². The molecule has 1 unspecified atom stereocenters. The van der Waals surface area contributed by atoms with Gasteiger partial charge in [-0.1, -0.05) is 30.3 Å². The van der Waals surface area contributed by atoms with Crippen molar-refractivity contribution in [2.45, 2.75) is 12.1 Å². The van der Waals surface area contributed by atoms with E-state index in [1.165, 1.54) is 24.4 Å². The summed E-state index contributed by atoms with van der Waals surface area (Å²) in [4.78, 5) is 15.8. The van der Waals surface area contributed by atoms with E-state index in [2.05, 4.69) is 10.1 Å². The Hall–Kier alpha value is -2.21. The lowest BCUT2D eigenvalue weighted by atomic mass is 9.91. The summed E-state index contributed by atoms with van der Waals surface area (Å²) in [6.07, 6.45) is 2.90. The first kappa shape index (κ1) is 12.3. The van der Waals surface area contributed by atoms with E-state index in [1.807, 2.05) is 18.2 Å². The van der Waals surface area contributed by atoms with Gasteiger partial charge in [0.05, 0.1) is 13.7 Å². The van der Waals surface area contributed by atoms with Crippen molar-refractivity contribution in [3.05, 3.63) is 48.5 Å². The van der Waals surface area contributed by atoms with Gasteiger partial charge in [0.15, 0.2) is 5.54 Å². The van der Waals surface area contributed by atoms with Crippen molar-refractivity contribution < 1.29 is 9.53 Å². The van der Waals surface area contributed by atoms with E-state index in [4.69, 9.17) is 10.5 Å². The molecule has 0 fully saturated rings. The van der Waals surface area contributed by atoms with Crippen LogP contribution in [0.5, 0.6) is 0 Å². The van der Waals surface area contributed by atoms with Crippen LogP contribution in [-0.4, -0.2) is 27.8 Å². The second-order valence-corrected chi connectivity index (χ2v) is 3.92. The van der Waals surface area contributed by atoms with Crippen LogP contribution in [0.1, 0.15) is 5.56 Å². The fraction of sp³-hybridized carbons (Fsp3) is 0.250. The highest BCUT2D eigenvalue weighted by atomic mass is 16.5. The lowest BCUT2D eigenvalue weighted by molar-refractivity contribution is -0.148. The first-order valence-corrected chi connectivity index (χ1v) is 5.42. The van der Waals surface area contributed by atoms with Crippen LogP contribution in [0.2, 0.25) is 0 Å². The minimum absolute atomic E-state index is 0.170. The van der Waals surface area contributed by atoms with E-state index in [0.717, 1.165) is 0 Å². The molecule has 2 N–H and O–H groups in total. The molecular formula is C12H14N4O2. The van der Waals surface area contributed by atoms with Crippen LogP contribution in [0.25, 0.3) is 0 Å². The summed E-state index contributed by atoms with van der Waals surface area (Å²) in [7, 11) is 1.31. The molecule has 0 radical (unpaired) electrons. The molecule has 2 rings (SSSR count). The molecular weight excluding hydrogens is 232 g/mol. The molecule has 0 saturated carbocycles. The molecule has 0 aliphatic heterocycles. The molecule has 2 aromatic rings. The third-order valence-electron chi connectivity index (χ3n) is 2.72. The first-order chi connectivity index (χ1) is 8.66. The SMILES string of the molecule is COC(=O)C(N)(Cn1cncn1)c1ccccc1. The van der Waals surface area contributed by atoms with Crippen molar-refractivity contribution in [2.24, 2.45) is 5.73 Å². The molecule has 1 aromatic heterocycles. The van der Waals surface area contributed by atoms with Crippen molar-refractivity contribution in [1.82, 2.24) is 14.8 Å². The standard InChI is InChI=1S/C12H14N4O2/c1-18-11(17)12(13,7-16-9-14-8-15-16)10-5-3-2-4-6-10/h2-6,8-9H,7,13H2,1H3. The summed E-state index contributed by atoms with van der Waals surface area (Å²) < 4.78 is 6.30. The number of benzene rings is 1. The molecule has 0 aliphatic rings. The normalized spacial score (nSPS) is 13.9. The first-order valence-electron chi connectivity index (χ1n) is 5.42. The number of hydrogen-bond donors (Lipinski definition) is 1. The molecule has 1 heterocycles. The van der Waals surface area contributed by atoms with E-state index >= 15 is 0 Å². The average molecular weight is 246 g/mol. The van der Waals surface area contributed by atoms with Crippen LogP contribution in [0.15, 0.2) is 43.0 Å². The third-order valence-corrected chi connectivity index (χ3v) is 2.72. The van der Waals surface area contributed by atoms with Gasteiger partial charge in [-0.25, -0.2) is 9.78 Å². The number of nitrogens with zero attached hydrogens (tertiary/aromatic N) is 3. The van der Waals surface area contributed by atoms with Crippen LogP contribution < -0.4 is 5.73 Å². The summed E-state index contributed by atoms with van der Waals surface area (Å²) in [5.74, 6) is -0.510. The van der Waals surface area contributed by atoms with E-state index in [0.29, 0.717) is 5.56 Å². The lowest BCUT2D eigenvalue weighted by Gasteiger charge is -2.26. The second kappa shape index (κ2) is 4.97. The second-order valence-electron chi connectivity index (χ2n) is 3.92. The van der Waals surface area contributed by atoms with Crippen molar-refractivity contribution in [3.8, 4) is 0 Å².